The van der Waals surface area contributed by atoms with Crippen molar-refractivity contribution in [2.45, 2.75) is 40.7 Å². The number of hydrogen-bond donors (Lipinski definition) is 0. The average molecular weight is 257 g/mol. The monoisotopic (exact) mass is 257 g/mol. The molecule has 0 spiro atoms. The SMILES string of the molecule is [2H]C([2H])([2H])C1N2C=CC(C)(C)C2=C(C)N1c1ccccc1C. The Kier molecular flexibility index (Phi) is 1.89. The second kappa shape index (κ2) is 3.89. The van der Waals surface area contributed by atoms with Crippen molar-refractivity contribution in [1.82, 2.24) is 4.90 Å². The maximum absolute atomic E-state index is 8.04. The molecule has 0 fully saturated rings. The van der Waals surface area contributed by atoms with Crippen molar-refractivity contribution in [1.29, 1.82) is 0 Å². The number of rotatable bonds is 1. The van der Waals surface area contributed by atoms with Gasteiger partial charge in [0.05, 0.1) is 0 Å². The molecule has 1 aromatic rings. The highest BCUT2D eigenvalue weighted by Crippen LogP contribution is 2.47. The standard InChI is InChI=1S/C17H22N2/c1-12-8-6-7-9-15(12)19-13(2)16-17(4,5)10-11-18(16)14(19)3/h6-11,14H,1-5H3/i3D3. The van der Waals surface area contributed by atoms with Crippen LogP contribution in [0.5, 0.6) is 0 Å². The molecule has 0 amide bonds. The fraction of sp³-hybridized carbons (Fsp3) is 0.412. The topological polar surface area (TPSA) is 6.48 Å². The summed E-state index contributed by atoms with van der Waals surface area (Å²) in [5, 5.41) is 0. The molecule has 19 heavy (non-hydrogen) atoms. The van der Waals surface area contributed by atoms with Gasteiger partial charge in [-0.25, -0.2) is 0 Å². The lowest BCUT2D eigenvalue weighted by molar-refractivity contribution is 0.366. The molecule has 0 saturated carbocycles. The van der Waals surface area contributed by atoms with Gasteiger partial charge in [-0.15, -0.1) is 0 Å². The van der Waals surface area contributed by atoms with Gasteiger partial charge in [0.15, 0.2) is 0 Å². The van der Waals surface area contributed by atoms with Crippen molar-refractivity contribution >= 4 is 5.69 Å². The largest absolute Gasteiger partial charge is 0.328 e. The van der Waals surface area contributed by atoms with E-state index in [9.17, 15) is 0 Å². The number of fused-ring (bicyclic) bond motifs is 1. The molecule has 2 heteroatoms. The summed E-state index contributed by atoms with van der Waals surface area (Å²) < 4.78 is 24.1. The van der Waals surface area contributed by atoms with Crippen molar-refractivity contribution in [2.75, 3.05) is 4.90 Å². The molecule has 0 N–H and O–H groups in total. The number of allylic oxidation sites excluding steroid dienone is 2. The fourth-order valence-electron chi connectivity index (χ4n) is 3.18. The van der Waals surface area contributed by atoms with E-state index in [2.05, 4.69) is 19.9 Å². The molecule has 0 bridgehead atoms. The van der Waals surface area contributed by atoms with Crippen LogP contribution in [0.15, 0.2) is 47.9 Å². The minimum absolute atomic E-state index is 0.148. The van der Waals surface area contributed by atoms with Gasteiger partial charge in [0.25, 0.3) is 0 Å². The van der Waals surface area contributed by atoms with E-state index >= 15 is 0 Å². The molecule has 2 nitrogen and oxygen atoms in total. The van der Waals surface area contributed by atoms with Crippen LogP contribution in [0, 0.1) is 12.3 Å². The molecule has 0 saturated heterocycles. The Hall–Kier alpha value is -1.70. The highest BCUT2D eigenvalue weighted by molar-refractivity contribution is 5.62. The molecule has 1 unspecified atom stereocenters. The summed E-state index contributed by atoms with van der Waals surface area (Å²) in [6.45, 7) is 6.19. The number of benzene rings is 1. The second-order valence-electron chi connectivity index (χ2n) is 5.91. The van der Waals surface area contributed by atoms with Crippen LogP contribution >= 0.6 is 0 Å². The van der Waals surface area contributed by atoms with Crippen LogP contribution < -0.4 is 4.90 Å². The second-order valence-corrected chi connectivity index (χ2v) is 5.91. The van der Waals surface area contributed by atoms with Gasteiger partial charge in [-0.3, -0.25) is 0 Å². The Morgan fingerprint density at radius 3 is 2.63 bits per heavy atom. The summed E-state index contributed by atoms with van der Waals surface area (Å²) >= 11 is 0. The van der Waals surface area contributed by atoms with Crippen molar-refractivity contribution in [3.05, 3.63) is 53.5 Å². The van der Waals surface area contributed by atoms with E-state index in [4.69, 9.17) is 4.11 Å². The van der Waals surface area contributed by atoms with Gasteiger partial charge in [0.2, 0.25) is 0 Å². The Morgan fingerprint density at radius 1 is 1.21 bits per heavy atom. The molecular formula is C17H22N2. The van der Waals surface area contributed by atoms with Crippen LogP contribution in [-0.2, 0) is 0 Å². The summed E-state index contributed by atoms with van der Waals surface area (Å²) in [4.78, 5) is 3.90. The van der Waals surface area contributed by atoms with Crippen molar-refractivity contribution in [3.63, 3.8) is 0 Å². The fourth-order valence-corrected chi connectivity index (χ4v) is 3.18. The third-order valence-corrected chi connectivity index (χ3v) is 4.11. The van der Waals surface area contributed by atoms with E-state index in [1.54, 1.807) is 0 Å². The van der Waals surface area contributed by atoms with Gasteiger partial charge < -0.3 is 9.80 Å². The normalized spacial score (nSPS) is 27.4. The Balaban J connectivity index is 2.19. The quantitative estimate of drug-likeness (QED) is 0.742. The summed E-state index contributed by atoms with van der Waals surface area (Å²) in [5.41, 5.74) is 4.00. The molecule has 3 rings (SSSR count). The molecule has 1 atom stereocenters. The smallest absolute Gasteiger partial charge is 0.107 e. The minimum atomic E-state index is -2.10. The predicted octanol–water partition coefficient (Wildman–Crippen LogP) is 4.25. The van der Waals surface area contributed by atoms with E-state index in [1.165, 1.54) is 0 Å². The summed E-state index contributed by atoms with van der Waals surface area (Å²) in [7, 11) is 0. The van der Waals surface area contributed by atoms with Gasteiger partial charge >= 0.3 is 0 Å². The zero-order valence-corrected chi connectivity index (χ0v) is 11.9. The van der Waals surface area contributed by atoms with E-state index < -0.39 is 13.0 Å². The molecule has 100 valence electrons. The number of para-hydroxylation sites is 1. The molecule has 2 heterocycles. The predicted molar refractivity (Wildman–Crippen MR) is 80.6 cm³/mol. The number of anilines is 1. The van der Waals surface area contributed by atoms with E-state index in [1.807, 2.05) is 54.1 Å². The van der Waals surface area contributed by atoms with Gasteiger partial charge in [0.1, 0.15) is 6.17 Å². The Labute approximate surface area is 120 Å². The molecule has 2 aliphatic heterocycles. The van der Waals surface area contributed by atoms with Crippen molar-refractivity contribution < 1.29 is 4.11 Å². The third kappa shape index (κ3) is 1.62. The van der Waals surface area contributed by atoms with Crippen LogP contribution in [0.1, 0.15) is 37.3 Å². The van der Waals surface area contributed by atoms with Crippen LogP contribution in [0.25, 0.3) is 0 Å². The highest BCUT2D eigenvalue weighted by Gasteiger charge is 2.42. The first-order valence-corrected chi connectivity index (χ1v) is 6.68. The highest BCUT2D eigenvalue weighted by atomic mass is 15.4. The average Bonchev–Trinajstić information content (AvgIpc) is 2.86. The molecular weight excluding hydrogens is 232 g/mol. The van der Waals surface area contributed by atoms with Crippen molar-refractivity contribution in [3.8, 4) is 0 Å². The number of aryl methyl sites for hydroxylation is 1. The first-order valence-electron chi connectivity index (χ1n) is 8.18. The Bertz CT molecular complexity index is 671. The third-order valence-electron chi connectivity index (χ3n) is 4.11. The minimum Gasteiger partial charge on any atom is -0.328 e. The Morgan fingerprint density at radius 2 is 1.95 bits per heavy atom. The first-order chi connectivity index (χ1) is 10.1. The zero-order chi connectivity index (χ0) is 16.3. The lowest BCUT2D eigenvalue weighted by Crippen LogP contribution is -2.35. The number of nitrogens with zero attached hydrogens (tertiary/aromatic N) is 2. The van der Waals surface area contributed by atoms with Gasteiger partial charge in [-0.1, -0.05) is 38.1 Å². The molecule has 0 aromatic heterocycles. The maximum atomic E-state index is 8.04. The first kappa shape index (κ1) is 9.24. The van der Waals surface area contributed by atoms with Crippen LogP contribution in [0.2, 0.25) is 0 Å². The van der Waals surface area contributed by atoms with Gasteiger partial charge in [0, 0.05) is 32.8 Å². The lowest BCUT2D eigenvalue weighted by Gasteiger charge is -2.30. The van der Waals surface area contributed by atoms with E-state index in [-0.39, 0.29) is 5.41 Å². The molecule has 0 radical (unpaired) electrons. The van der Waals surface area contributed by atoms with Crippen molar-refractivity contribution in [2.24, 2.45) is 5.41 Å². The summed E-state index contributed by atoms with van der Waals surface area (Å²) in [6, 6.07) is 7.96. The van der Waals surface area contributed by atoms with E-state index in [0.717, 1.165) is 22.6 Å². The number of hydrogen-bond acceptors (Lipinski definition) is 2. The van der Waals surface area contributed by atoms with Crippen LogP contribution in [0.3, 0.4) is 0 Å². The van der Waals surface area contributed by atoms with E-state index in [0.29, 0.717) is 0 Å². The van der Waals surface area contributed by atoms with Crippen LogP contribution in [-0.4, -0.2) is 11.1 Å². The molecule has 1 aromatic carbocycles. The zero-order valence-electron chi connectivity index (χ0n) is 14.9. The molecule has 2 aliphatic rings. The van der Waals surface area contributed by atoms with Crippen LogP contribution in [0.4, 0.5) is 5.69 Å². The summed E-state index contributed by atoms with van der Waals surface area (Å²) in [6.07, 6.45) is 3.33. The molecule has 0 aliphatic carbocycles. The maximum Gasteiger partial charge on any atom is 0.107 e. The van der Waals surface area contributed by atoms with Gasteiger partial charge in [-0.05, 0) is 32.3 Å². The van der Waals surface area contributed by atoms with Gasteiger partial charge in [-0.2, -0.15) is 0 Å². The lowest BCUT2D eigenvalue weighted by atomic mass is 9.90. The summed E-state index contributed by atoms with van der Waals surface area (Å²) in [5.74, 6) is 0.